The van der Waals surface area contributed by atoms with Crippen LogP contribution in [0.25, 0.3) is 0 Å². The third kappa shape index (κ3) is 191. The molecule has 24 heteroatoms. The van der Waals surface area contributed by atoms with Gasteiger partial charge in [-0.05, 0) is 111 Å². The van der Waals surface area contributed by atoms with Crippen molar-refractivity contribution in [2.75, 3.05) is 321 Å². The van der Waals surface area contributed by atoms with Gasteiger partial charge in [0, 0.05) is 148 Å². The van der Waals surface area contributed by atoms with Gasteiger partial charge in [-0.1, -0.05) is 134 Å². The van der Waals surface area contributed by atoms with Gasteiger partial charge < -0.3 is 115 Å². The molecule has 24 nitrogen and oxygen atoms in total. The molecule has 0 fully saturated rings. The lowest BCUT2D eigenvalue weighted by Gasteiger charge is -2.06. The highest BCUT2D eigenvalue weighted by Crippen LogP contribution is 1.97. The van der Waals surface area contributed by atoms with E-state index in [1.165, 1.54) is 89.9 Å². The van der Waals surface area contributed by atoms with Crippen molar-refractivity contribution in [2.45, 2.75) is 224 Å². The third-order valence-corrected chi connectivity index (χ3v) is 12.7. The summed E-state index contributed by atoms with van der Waals surface area (Å²) in [6, 6.07) is 0. The van der Waals surface area contributed by atoms with Crippen LogP contribution in [-0.2, 0) is 104 Å². The van der Waals surface area contributed by atoms with Crippen molar-refractivity contribution in [2.24, 2.45) is 0 Å². The van der Waals surface area contributed by atoms with Gasteiger partial charge in [-0.3, -0.25) is 0 Å². The number of hydrogen-bond donors (Lipinski definition) is 2. The molecule has 0 aliphatic heterocycles. The maximum Gasteiger partial charge on any atom is 0.0701 e. The molecule has 0 aliphatic rings. The summed E-state index contributed by atoms with van der Waals surface area (Å²) in [4.78, 5) is 0. The van der Waals surface area contributed by atoms with E-state index in [-0.39, 0.29) is 0 Å². The average molecular weight is 1550 g/mol. The topological polar surface area (TPSA) is 227 Å². The van der Waals surface area contributed by atoms with Gasteiger partial charge in [-0.15, -0.1) is 0 Å². The molecule has 0 aromatic carbocycles. The maximum atomic E-state index is 5.38. The summed E-state index contributed by atoms with van der Waals surface area (Å²) in [7, 11) is 13.9. The number of hydrogen-bond acceptors (Lipinski definition) is 24. The summed E-state index contributed by atoms with van der Waals surface area (Å²) < 4.78 is 113. The summed E-state index contributed by atoms with van der Waals surface area (Å²) in [5.74, 6) is 0. The Morgan fingerprint density at radius 2 is 0.302 bits per heavy atom. The van der Waals surface area contributed by atoms with Crippen molar-refractivity contribution < 1.29 is 104 Å². The number of ether oxygens (including phenoxy) is 22. The van der Waals surface area contributed by atoms with Crippen LogP contribution < -0.4 is 10.6 Å². The highest BCUT2D eigenvalue weighted by atomic mass is 16.6. The van der Waals surface area contributed by atoms with Crippen molar-refractivity contribution in [1.82, 2.24) is 10.6 Å². The molecule has 0 bridgehead atoms. The van der Waals surface area contributed by atoms with Crippen molar-refractivity contribution in [3.05, 3.63) is 0 Å². The van der Waals surface area contributed by atoms with E-state index < -0.39 is 0 Å². The first-order valence-electron chi connectivity index (χ1n) is 41.6. The minimum Gasteiger partial charge on any atom is -0.385 e. The van der Waals surface area contributed by atoms with Crippen LogP contribution in [0.5, 0.6) is 0 Å². The van der Waals surface area contributed by atoms with E-state index in [9.17, 15) is 0 Å². The zero-order valence-electron chi connectivity index (χ0n) is 73.8. The minimum atomic E-state index is 0.597. The van der Waals surface area contributed by atoms with Gasteiger partial charge in [0.25, 0.3) is 0 Å². The Morgan fingerprint density at radius 1 is 0.132 bits per heavy atom. The number of methoxy groups -OCH3 is 6. The number of rotatable bonds is 76. The summed E-state index contributed by atoms with van der Waals surface area (Å²) in [5.41, 5.74) is 0. The van der Waals surface area contributed by atoms with E-state index in [1.54, 1.807) is 42.7 Å². The van der Waals surface area contributed by atoms with Gasteiger partial charge in [-0.2, -0.15) is 0 Å². The lowest BCUT2D eigenvalue weighted by atomic mass is 10.3. The quantitative estimate of drug-likeness (QED) is 0.0540. The monoisotopic (exact) mass is 1550 g/mol. The molecule has 0 spiro atoms. The molecule has 0 heterocycles. The van der Waals surface area contributed by atoms with Gasteiger partial charge in [0.1, 0.15) is 0 Å². The fraction of sp³-hybridized carbons (Fsp3) is 1.00. The van der Waals surface area contributed by atoms with E-state index in [4.69, 9.17) is 104 Å². The van der Waals surface area contributed by atoms with Crippen molar-refractivity contribution in [1.29, 1.82) is 0 Å². The Morgan fingerprint density at radius 3 is 0.519 bits per heavy atom. The summed E-state index contributed by atoms with van der Waals surface area (Å²) in [6.07, 6.45) is 25.9. The molecule has 0 saturated heterocycles. The molecule has 0 rings (SSSR count). The molecule has 0 aliphatic carbocycles. The van der Waals surface area contributed by atoms with Crippen molar-refractivity contribution in [3.8, 4) is 0 Å². The van der Waals surface area contributed by atoms with E-state index in [0.29, 0.717) is 132 Å². The Bertz CT molecular complexity index is 1050. The number of nitrogens with one attached hydrogen (secondary N) is 2. The second kappa shape index (κ2) is 153. The lowest BCUT2D eigenvalue weighted by Crippen LogP contribution is -2.14. The highest BCUT2D eigenvalue weighted by molar-refractivity contribution is 4.43. The van der Waals surface area contributed by atoms with Crippen LogP contribution in [0.1, 0.15) is 224 Å². The first-order valence-corrected chi connectivity index (χ1v) is 41.6. The largest absolute Gasteiger partial charge is 0.385 e. The smallest absolute Gasteiger partial charge is 0.0701 e. The average Bonchev–Trinajstić information content (AvgIpc) is 3.86. The van der Waals surface area contributed by atoms with Crippen LogP contribution >= 0.6 is 0 Å². The molecule has 0 aromatic heterocycles. The maximum absolute atomic E-state index is 5.38. The molecule has 0 amide bonds. The fourth-order valence-corrected chi connectivity index (χ4v) is 6.64. The van der Waals surface area contributed by atoms with Gasteiger partial charge in [0.2, 0.25) is 0 Å². The Hall–Kier alpha value is -0.960. The zero-order valence-corrected chi connectivity index (χ0v) is 73.8. The Kier molecular flexibility index (Phi) is 181. The zero-order chi connectivity index (χ0) is 80.8. The van der Waals surface area contributed by atoms with E-state index in [1.807, 2.05) is 14.1 Å². The standard InChI is InChI=1S/C12H26O5.C10H22O4.C9H20O.C8H18O3.2C8H18O2.2C7H17NO.C7H16O.C6H14O2/c1-3-4-14-7-8-16-11-12-17-10-9-15-6-5-13-2;1-3-4-12-7-8-14-10-9-13-6-5-11-2;1-3-5-7-9-10-8-6-4-2;1-3-4-10-7-8-11-6-5-9-2;1-3-4-7-10-8-5-6-9-2;1-3-4-5-6-10-8-7-9-2;1-3-6-9-7-4-5-8-2;1-3-4-6-9-7-5-8-2;1-3-5-7-8-6-4-2;1-3-4-8-6-5-7-2/h3-12H2,1-2H3;3-10H2,1-2H3;3-9H2,1-2H3;3-8H2,1-2H3;2*3-8H2,1-2H3;2*8H,3-7H2,1-2H3;3-7H2,1-2H3;3-6H2,1-2H3. The second-order valence-electron chi connectivity index (χ2n) is 23.5. The van der Waals surface area contributed by atoms with Gasteiger partial charge in [0.05, 0.1) is 152 Å². The molecule has 0 atom stereocenters. The fourth-order valence-electron chi connectivity index (χ4n) is 6.64. The van der Waals surface area contributed by atoms with Crippen LogP contribution in [0.15, 0.2) is 0 Å². The Labute approximate surface area is 657 Å². The van der Waals surface area contributed by atoms with Crippen LogP contribution in [0.4, 0.5) is 0 Å². The third-order valence-electron chi connectivity index (χ3n) is 12.7. The molecular weight excluding hydrogens is 1360 g/mol. The Balaban J connectivity index is -0.000000122. The van der Waals surface area contributed by atoms with Crippen LogP contribution in [0.2, 0.25) is 0 Å². The number of unbranched alkanes of at least 4 members (excludes halogenated alkanes) is 8. The lowest BCUT2D eigenvalue weighted by molar-refractivity contribution is -0.00769. The summed E-state index contributed by atoms with van der Waals surface area (Å²) in [5, 5.41) is 6.08. The summed E-state index contributed by atoms with van der Waals surface area (Å²) >= 11 is 0. The molecular formula is C82H186N2O22. The minimum absolute atomic E-state index is 0.597. The molecule has 0 saturated carbocycles. The van der Waals surface area contributed by atoms with E-state index >= 15 is 0 Å². The van der Waals surface area contributed by atoms with Gasteiger partial charge >= 0.3 is 0 Å². The molecule has 2 N–H and O–H groups in total. The SMILES string of the molecule is CCCCCOCCCC.CCCCCOCCOC.CCCCOCCC.CCCCOCCCOC.CCCCOCCNC.CCCOCCCNC.CCCOCCOC.CCCOCCOCCOC.CCCOCCOCCOCCOC.CCCOCCOCCOCCOCCOC. The second-order valence-corrected chi connectivity index (χ2v) is 23.5. The molecule has 656 valence electrons. The van der Waals surface area contributed by atoms with Crippen LogP contribution in [0, 0.1) is 0 Å². The number of likely N-dealkylation sites (N-methyl/N-ethyl adjacent to an activating group) is 1. The van der Waals surface area contributed by atoms with Gasteiger partial charge in [0.15, 0.2) is 0 Å². The van der Waals surface area contributed by atoms with Gasteiger partial charge in [-0.25, -0.2) is 0 Å². The normalized spacial score (nSPS) is 10.3. The van der Waals surface area contributed by atoms with Crippen LogP contribution in [-0.4, -0.2) is 321 Å². The predicted octanol–water partition coefficient (Wildman–Crippen LogP) is 15.3. The summed E-state index contributed by atoms with van der Waals surface area (Å²) in [6.45, 7) is 56.2. The van der Waals surface area contributed by atoms with Crippen LogP contribution in [0.3, 0.4) is 0 Å². The predicted molar refractivity (Wildman–Crippen MR) is 442 cm³/mol. The molecule has 0 aromatic rings. The van der Waals surface area contributed by atoms with E-state index in [0.717, 1.165) is 183 Å². The molecule has 106 heavy (non-hydrogen) atoms. The van der Waals surface area contributed by atoms with E-state index in [2.05, 4.69) is 93.7 Å². The van der Waals surface area contributed by atoms with Crippen molar-refractivity contribution in [3.63, 3.8) is 0 Å². The molecule has 0 unspecified atom stereocenters. The first-order chi connectivity index (χ1) is 52.1. The van der Waals surface area contributed by atoms with Crippen molar-refractivity contribution >= 4 is 0 Å². The first kappa shape index (κ1) is 126. The highest BCUT2D eigenvalue weighted by Gasteiger charge is 1.96. The molecule has 0 radical (unpaired) electrons.